The van der Waals surface area contributed by atoms with Gasteiger partial charge in [0, 0.05) is 43.4 Å². The molecule has 1 aliphatic rings. The van der Waals surface area contributed by atoms with E-state index in [1.54, 1.807) is 0 Å². The zero-order chi connectivity index (χ0) is 21.4. The molecule has 0 spiro atoms. The SMILES string of the molecule is CN(C)CCC1Oc2ccccc2N(C)c2ccccc21.O=C(O)/C=C/C(=O)O. The van der Waals surface area contributed by atoms with Crippen LogP contribution in [0.15, 0.2) is 60.7 Å². The number of carbonyl (C=O) groups is 2. The number of hydrogen-bond donors (Lipinski definition) is 2. The second-order valence-corrected chi connectivity index (χ2v) is 6.79. The van der Waals surface area contributed by atoms with Crippen LogP contribution in [0.4, 0.5) is 11.4 Å². The van der Waals surface area contributed by atoms with Crippen molar-refractivity contribution < 1.29 is 24.5 Å². The number of aliphatic carboxylic acids is 2. The lowest BCUT2D eigenvalue weighted by atomic mass is 10.0. The fraction of sp³-hybridized carbons (Fsp3) is 0.273. The van der Waals surface area contributed by atoms with Crippen molar-refractivity contribution in [2.45, 2.75) is 12.5 Å². The summed E-state index contributed by atoms with van der Waals surface area (Å²) in [5, 5.41) is 15.6. The molecule has 0 aliphatic carbocycles. The lowest BCUT2D eigenvalue weighted by Gasteiger charge is -2.21. The van der Waals surface area contributed by atoms with E-state index < -0.39 is 11.9 Å². The van der Waals surface area contributed by atoms with Crippen molar-refractivity contribution in [2.24, 2.45) is 0 Å². The summed E-state index contributed by atoms with van der Waals surface area (Å²) >= 11 is 0. The highest BCUT2D eigenvalue weighted by Crippen LogP contribution is 2.43. The molecule has 0 aromatic heterocycles. The second kappa shape index (κ2) is 10.3. The molecular weight excluding hydrogens is 372 g/mol. The molecule has 1 aliphatic heterocycles. The first kappa shape index (κ1) is 22.0. The molecule has 7 nitrogen and oxygen atoms in total. The molecule has 2 aromatic rings. The summed E-state index contributed by atoms with van der Waals surface area (Å²) in [7, 11) is 6.31. The Morgan fingerprint density at radius 1 is 1.00 bits per heavy atom. The molecule has 2 N–H and O–H groups in total. The van der Waals surface area contributed by atoms with Gasteiger partial charge >= 0.3 is 11.9 Å². The zero-order valence-corrected chi connectivity index (χ0v) is 16.8. The molecule has 0 amide bonds. The summed E-state index contributed by atoms with van der Waals surface area (Å²) in [4.78, 5) is 23.5. The van der Waals surface area contributed by atoms with E-state index in [0.717, 1.165) is 24.4 Å². The summed E-state index contributed by atoms with van der Waals surface area (Å²) in [5.41, 5.74) is 3.61. The summed E-state index contributed by atoms with van der Waals surface area (Å²) in [6, 6.07) is 16.8. The largest absolute Gasteiger partial charge is 0.483 e. The number of fused-ring (bicyclic) bond motifs is 2. The third-order valence-electron chi connectivity index (χ3n) is 4.35. The molecule has 1 atom stereocenters. The maximum Gasteiger partial charge on any atom is 0.328 e. The van der Waals surface area contributed by atoms with Crippen molar-refractivity contribution in [1.82, 2.24) is 4.90 Å². The molecule has 0 radical (unpaired) electrons. The van der Waals surface area contributed by atoms with Gasteiger partial charge in [0.05, 0.1) is 5.69 Å². The van der Waals surface area contributed by atoms with Crippen molar-refractivity contribution in [3.63, 3.8) is 0 Å². The number of nitrogens with zero attached hydrogens (tertiary/aromatic N) is 2. The Morgan fingerprint density at radius 2 is 1.55 bits per heavy atom. The van der Waals surface area contributed by atoms with Gasteiger partial charge in [0.1, 0.15) is 11.9 Å². The lowest BCUT2D eigenvalue weighted by Crippen LogP contribution is -2.18. The van der Waals surface area contributed by atoms with E-state index in [9.17, 15) is 9.59 Å². The number of carboxylic acids is 2. The van der Waals surface area contributed by atoms with Crippen molar-refractivity contribution in [2.75, 3.05) is 32.6 Å². The number of benzene rings is 2. The molecule has 0 fully saturated rings. The van der Waals surface area contributed by atoms with E-state index in [0.29, 0.717) is 12.2 Å². The molecule has 29 heavy (non-hydrogen) atoms. The number of carboxylic acid groups (broad SMARTS) is 2. The zero-order valence-electron chi connectivity index (χ0n) is 16.8. The number of ether oxygens (including phenoxy) is 1. The van der Waals surface area contributed by atoms with Crippen LogP contribution in [0.2, 0.25) is 0 Å². The van der Waals surface area contributed by atoms with Gasteiger partial charge in [-0.2, -0.15) is 0 Å². The predicted molar refractivity (Wildman–Crippen MR) is 112 cm³/mol. The van der Waals surface area contributed by atoms with Crippen molar-refractivity contribution >= 4 is 23.3 Å². The second-order valence-electron chi connectivity index (χ2n) is 6.79. The van der Waals surface area contributed by atoms with Gasteiger partial charge in [-0.15, -0.1) is 0 Å². The first-order valence-corrected chi connectivity index (χ1v) is 9.16. The Balaban J connectivity index is 0.000000321. The highest BCUT2D eigenvalue weighted by atomic mass is 16.5. The molecule has 1 unspecified atom stereocenters. The highest BCUT2D eigenvalue weighted by molar-refractivity contribution is 5.89. The van der Waals surface area contributed by atoms with Crippen molar-refractivity contribution in [3.05, 3.63) is 66.2 Å². The summed E-state index contributed by atoms with van der Waals surface area (Å²) in [5.74, 6) is -1.56. The van der Waals surface area contributed by atoms with Crippen LogP contribution in [0, 0.1) is 0 Å². The van der Waals surface area contributed by atoms with Crippen LogP contribution in [0.25, 0.3) is 0 Å². The minimum Gasteiger partial charge on any atom is -0.483 e. The molecular formula is C22H26N2O5. The Morgan fingerprint density at radius 3 is 2.14 bits per heavy atom. The number of anilines is 2. The average Bonchev–Trinajstić information content (AvgIpc) is 2.81. The fourth-order valence-electron chi connectivity index (χ4n) is 2.98. The van der Waals surface area contributed by atoms with Gasteiger partial charge in [0.25, 0.3) is 0 Å². The summed E-state index contributed by atoms with van der Waals surface area (Å²) < 4.78 is 6.34. The van der Waals surface area contributed by atoms with E-state index in [1.807, 2.05) is 6.07 Å². The predicted octanol–water partition coefficient (Wildman–Crippen LogP) is 3.55. The molecule has 2 aromatic carbocycles. The fourth-order valence-corrected chi connectivity index (χ4v) is 2.98. The Kier molecular flexibility index (Phi) is 7.79. The summed E-state index contributed by atoms with van der Waals surface area (Å²) in [6.45, 7) is 1.00. The van der Waals surface area contributed by atoms with Crippen LogP contribution in [0.1, 0.15) is 18.1 Å². The standard InChI is InChI=1S/C18H22N2O.C4H4O4/c1-19(2)13-12-17-14-8-4-5-9-15(14)20(3)16-10-6-7-11-18(16)21-17;5-3(6)1-2-4(7)8/h4-11,17H,12-13H2,1-3H3;1-2H,(H,5,6)(H,7,8)/b;2-1+. The highest BCUT2D eigenvalue weighted by Gasteiger charge is 2.25. The van der Waals surface area contributed by atoms with Gasteiger partial charge in [-0.1, -0.05) is 30.3 Å². The van der Waals surface area contributed by atoms with Gasteiger partial charge < -0.3 is 24.7 Å². The van der Waals surface area contributed by atoms with Crippen LogP contribution in [0.3, 0.4) is 0 Å². The number of rotatable bonds is 5. The molecule has 0 bridgehead atoms. The van der Waals surface area contributed by atoms with Gasteiger partial charge in [-0.25, -0.2) is 9.59 Å². The monoisotopic (exact) mass is 398 g/mol. The summed E-state index contributed by atoms with van der Waals surface area (Å²) in [6.07, 6.45) is 2.19. The molecule has 3 rings (SSSR count). The number of para-hydroxylation sites is 3. The van der Waals surface area contributed by atoms with Crippen LogP contribution in [-0.4, -0.2) is 54.7 Å². The quantitative estimate of drug-likeness (QED) is 0.745. The molecule has 154 valence electrons. The Hall–Kier alpha value is -3.32. The van der Waals surface area contributed by atoms with Gasteiger partial charge in [-0.3, -0.25) is 0 Å². The van der Waals surface area contributed by atoms with Crippen LogP contribution >= 0.6 is 0 Å². The third-order valence-corrected chi connectivity index (χ3v) is 4.35. The average molecular weight is 398 g/mol. The minimum absolute atomic E-state index is 0.0923. The van der Waals surface area contributed by atoms with Crippen LogP contribution in [-0.2, 0) is 9.59 Å². The topological polar surface area (TPSA) is 90.3 Å². The van der Waals surface area contributed by atoms with E-state index in [1.165, 1.54) is 11.3 Å². The van der Waals surface area contributed by atoms with Crippen molar-refractivity contribution in [1.29, 1.82) is 0 Å². The van der Waals surface area contributed by atoms with E-state index in [4.69, 9.17) is 14.9 Å². The lowest BCUT2D eigenvalue weighted by molar-refractivity contribution is -0.134. The minimum atomic E-state index is -1.26. The molecule has 0 saturated heterocycles. The van der Waals surface area contributed by atoms with Gasteiger partial charge in [-0.05, 0) is 32.3 Å². The smallest absolute Gasteiger partial charge is 0.328 e. The van der Waals surface area contributed by atoms with E-state index in [-0.39, 0.29) is 6.10 Å². The Bertz CT molecular complexity index is 863. The van der Waals surface area contributed by atoms with E-state index in [2.05, 4.69) is 73.4 Å². The molecule has 7 heteroatoms. The first-order chi connectivity index (χ1) is 13.8. The maximum absolute atomic E-state index is 9.55. The van der Waals surface area contributed by atoms with E-state index >= 15 is 0 Å². The van der Waals surface area contributed by atoms with Gasteiger partial charge in [0.2, 0.25) is 0 Å². The van der Waals surface area contributed by atoms with Gasteiger partial charge in [0.15, 0.2) is 0 Å². The third kappa shape index (κ3) is 6.36. The first-order valence-electron chi connectivity index (χ1n) is 9.16. The normalized spacial score (nSPS) is 14.9. The van der Waals surface area contributed by atoms with Crippen molar-refractivity contribution in [3.8, 4) is 5.75 Å². The number of hydrogen-bond acceptors (Lipinski definition) is 5. The van der Waals surface area contributed by atoms with Crippen LogP contribution in [0.5, 0.6) is 5.75 Å². The maximum atomic E-state index is 9.55. The molecule has 0 saturated carbocycles. The Labute approximate surface area is 170 Å². The van der Waals surface area contributed by atoms with Crippen LogP contribution < -0.4 is 9.64 Å². The molecule has 1 heterocycles.